The summed E-state index contributed by atoms with van der Waals surface area (Å²) in [5.74, 6) is -1.17. The smallest absolute Gasteiger partial charge is 0.336 e. The molecular weight excluding hydrogens is 438 g/mol. The van der Waals surface area contributed by atoms with Gasteiger partial charge in [0.2, 0.25) is 0 Å². The monoisotopic (exact) mass is 455 g/mol. The fraction of sp³-hybridized carbons (Fsp3) is 0.182. The zero-order valence-corrected chi connectivity index (χ0v) is 17.6. The summed E-state index contributed by atoms with van der Waals surface area (Å²) in [6, 6.07) is 10.6. The Kier molecular flexibility index (Phi) is 4.70. The number of hydrogen-bond acceptors (Lipinski definition) is 6. The fourth-order valence-electron chi connectivity index (χ4n) is 3.96. The van der Waals surface area contributed by atoms with Crippen LogP contribution < -0.4 is 10.1 Å². The number of rotatable bonds is 3. The third-order valence-electron chi connectivity index (χ3n) is 5.26. The summed E-state index contributed by atoms with van der Waals surface area (Å²) in [5, 5.41) is 13.4. The number of phenolic OH excluding ortho intramolecular Hbond substituents is 1. The van der Waals surface area contributed by atoms with Crippen molar-refractivity contribution in [1.82, 2.24) is 5.32 Å². The number of Topliss-reactive ketones (excluding diaryl/α,β-unsaturated/α-hetero) is 1. The van der Waals surface area contributed by atoms with Crippen molar-refractivity contribution in [1.29, 1.82) is 0 Å². The number of halogens is 1. The minimum atomic E-state index is -0.676. The molecule has 0 spiro atoms. The van der Waals surface area contributed by atoms with Crippen LogP contribution in [0.3, 0.4) is 0 Å². The molecule has 0 saturated heterocycles. The maximum Gasteiger partial charge on any atom is 0.336 e. The molecule has 2 N–H and O–H groups in total. The predicted octanol–water partition coefficient (Wildman–Crippen LogP) is 3.90. The van der Waals surface area contributed by atoms with E-state index < -0.39 is 11.9 Å². The highest BCUT2D eigenvalue weighted by atomic mass is 79.9. The third kappa shape index (κ3) is 2.84. The highest BCUT2D eigenvalue weighted by Crippen LogP contribution is 2.49. The number of ether oxygens (including phenoxy) is 2. The molecule has 0 unspecified atom stereocenters. The van der Waals surface area contributed by atoms with Crippen molar-refractivity contribution in [3.8, 4) is 11.5 Å². The van der Waals surface area contributed by atoms with Crippen LogP contribution in [0.25, 0.3) is 5.70 Å². The second-order valence-corrected chi connectivity index (χ2v) is 7.66. The van der Waals surface area contributed by atoms with Crippen molar-refractivity contribution in [3.63, 3.8) is 0 Å². The van der Waals surface area contributed by atoms with E-state index in [4.69, 9.17) is 9.47 Å². The summed E-state index contributed by atoms with van der Waals surface area (Å²) in [5.41, 5.74) is 4.10. The van der Waals surface area contributed by atoms with E-state index in [0.717, 1.165) is 5.56 Å². The predicted molar refractivity (Wildman–Crippen MR) is 111 cm³/mol. The molecule has 2 aliphatic rings. The first-order valence-corrected chi connectivity index (χ1v) is 9.69. The van der Waals surface area contributed by atoms with Gasteiger partial charge in [0.05, 0.1) is 30.0 Å². The Morgan fingerprint density at radius 2 is 1.86 bits per heavy atom. The number of benzene rings is 2. The number of hydrogen-bond donors (Lipinski definition) is 2. The second kappa shape index (κ2) is 7.08. The minimum Gasteiger partial charge on any atom is -0.503 e. The van der Waals surface area contributed by atoms with Crippen LogP contribution in [0, 0.1) is 0 Å². The Balaban J connectivity index is 1.99. The Bertz CT molecular complexity index is 1130. The molecule has 1 heterocycles. The second-order valence-electron chi connectivity index (χ2n) is 6.81. The van der Waals surface area contributed by atoms with Crippen molar-refractivity contribution in [3.05, 3.63) is 74.4 Å². The molecule has 0 saturated carbocycles. The maximum absolute atomic E-state index is 13.3. The molecule has 6 nitrogen and oxygen atoms in total. The number of dihydropyridines is 1. The largest absolute Gasteiger partial charge is 0.503 e. The molecule has 0 aromatic heterocycles. The van der Waals surface area contributed by atoms with Crippen LogP contribution in [0.2, 0.25) is 0 Å². The number of allylic oxidation sites excluding steroid dienone is 2. The zero-order valence-electron chi connectivity index (χ0n) is 16.0. The Morgan fingerprint density at radius 3 is 2.52 bits per heavy atom. The standard InChI is InChI=1S/C22H18BrNO5/c1-10-16(22(27)29-3)17(11-8-14(23)21(26)15(9-11)28-2)18-19(24-10)12-6-4-5-7-13(12)20(18)25/h4-9,17,24,26H,1-3H3/t17-/m1/s1. The normalized spacial score (nSPS) is 17.7. The SMILES string of the molecule is COC(=O)C1=C(C)NC2=C(C(=O)c3ccccc32)[C@@H]1c1cc(Br)c(O)c(OC)c1. The van der Waals surface area contributed by atoms with Gasteiger partial charge in [0.25, 0.3) is 0 Å². The van der Waals surface area contributed by atoms with Gasteiger partial charge in [-0.2, -0.15) is 0 Å². The summed E-state index contributed by atoms with van der Waals surface area (Å²) >= 11 is 3.33. The highest BCUT2D eigenvalue weighted by molar-refractivity contribution is 9.10. The number of methoxy groups -OCH3 is 2. The van der Waals surface area contributed by atoms with Crippen LogP contribution >= 0.6 is 15.9 Å². The topological polar surface area (TPSA) is 84.9 Å². The first kappa shape index (κ1) is 19.3. The van der Waals surface area contributed by atoms with E-state index in [0.29, 0.717) is 38.1 Å². The number of carbonyl (C=O) groups is 2. The van der Waals surface area contributed by atoms with Crippen LogP contribution in [-0.4, -0.2) is 31.1 Å². The van der Waals surface area contributed by atoms with Gasteiger partial charge >= 0.3 is 5.97 Å². The summed E-state index contributed by atoms with van der Waals surface area (Å²) in [4.78, 5) is 26.0. The number of phenols is 1. The first-order chi connectivity index (χ1) is 13.9. The molecule has 0 amide bonds. The van der Waals surface area contributed by atoms with Gasteiger partial charge in [0.1, 0.15) is 0 Å². The van der Waals surface area contributed by atoms with Gasteiger partial charge in [0, 0.05) is 28.3 Å². The van der Waals surface area contributed by atoms with Crippen molar-refractivity contribution in [2.45, 2.75) is 12.8 Å². The van der Waals surface area contributed by atoms with Crippen LogP contribution in [0.4, 0.5) is 0 Å². The lowest BCUT2D eigenvalue weighted by Crippen LogP contribution is -2.29. The number of carbonyl (C=O) groups excluding carboxylic acids is 2. The Labute approximate surface area is 176 Å². The Hall–Kier alpha value is -3.06. The van der Waals surface area contributed by atoms with Crippen LogP contribution in [0.15, 0.2) is 57.7 Å². The van der Waals surface area contributed by atoms with E-state index >= 15 is 0 Å². The summed E-state index contributed by atoms with van der Waals surface area (Å²) < 4.78 is 10.7. The molecule has 1 aliphatic carbocycles. The third-order valence-corrected chi connectivity index (χ3v) is 5.86. The molecule has 0 fully saturated rings. The lowest BCUT2D eigenvalue weighted by Gasteiger charge is -2.29. The number of nitrogens with one attached hydrogen (secondary N) is 1. The first-order valence-electron chi connectivity index (χ1n) is 8.89. The quantitative estimate of drug-likeness (QED) is 0.682. The van der Waals surface area contributed by atoms with Gasteiger partial charge in [-0.25, -0.2) is 4.79 Å². The van der Waals surface area contributed by atoms with Gasteiger partial charge in [-0.05, 0) is 40.5 Å². The van der Waals surface area contributed by atoms with Crippen LogP contribution in [-0.2, 0) is 9.53 Å². The van der Waals surface area contributed by atoms with Crippen molar-refractivity contribution in [2.75, 3.05) is 14.2 Å². The Morgan fingerprint density at radius 1 is 1.17 bits per heavy atom. The number of fused-ring (bicyclic) bond motifs is 2. The summed E-state index contributed by atoms with van der Waals surface area (Å²) in [6.07, 6.45) is 0. The molecule has 0 radical (unpaired) electrons. The van der Waals surface area contributed by atoms with E-state index in [1.54, 1.807) is 25.1 Å². The van der Waals surface area contributed by atoms with Crippen molar-refractivity contribution in [2.24, 2.45) is 0 Å². The van der Waals surface area contributed by atoms with E-state index in [-0.39, 0.29) is 17.3 Å². The molecular formula is C22H18BrNO5. The maximum atomic E-state index is 13.3. The number of esters is 1. The molecule has 2 aromatic carbocycles. The number of ketones is 1. The molecule has 29 heavy (non-hydrogen) atoms. The highest BCUT2D eigenvalue weighted by Gasteiger charge is 2.43. The lowest BCUT2D eigenvalue weighted by atomic mass is 9.79. The van der Waals surface area contributed by atoms with Gasteiger partial charge in [-0.1, -0.05) is 24.3 Å². The van der Waals surface area contributed by atoms with Gasteiger partial charge < -0.3 is 19.9 Å². The molecule has 7 heteroatoms. The number of aromatic hydroxyl groups is 1. The van der Waals surface area contributed by atoms with E-state index in [1.807, 2.05) is 18.2 Å². The van der Waals surface area contributed by atoms with Crippen molar-refractivity contribution < 1.29 is 24.2 Å². The molecule has 4 rings (SSSR count). The zero-order chi connectivity index (χ0) is 20.9. The van der Waals surface area contributed by atoms with E-state index in [9.17, 15) is 14.7 Å². The molecule has 1 aliphatic heterocycles. The lowest BCUT2D eigenvalue weighted by molar-refractivity contribution is -0.136. The van der Waals surface area contributed by atoms with E-state index in [1.165, 1.54) is 14.2 Å². The van der Waals surface area contributed by atoms with Crippen LogP contribution in [0.5, 0.6) is 11.5 Å². The molecule has 2 aromatic rings. The van der Waals surface area contributed by atoms with Gasteiger partial charge in [-0.3, -0.25) is 4.79 Å². The van der Waals surface area contributed by atoms with Gasteiger partial charge in [-0.15, -0.1) is 0 Å². The molecule has 148 valence electrons. The fourth-order valence-corrected chi connectivity index (χ4v) is 4.42. The van der Waals surface area contributed by atoms with Crippen LogP contribution in [0.1, 0.15) is 34.3 Å². The van der Waals surface area contributed by atoms with Crippen molar-refractivity contribution >= 4 is 33.4 Å². The minimum absolute atomic E-state index is 0.0549. The summed E-state index contributed by atoms with van der Waals surface area (Å²) in [6.45, 7) is 1.78. The molecule has 1 atom stereocenters. The van der Waals surface area contributed by atoms with Gasteiger partial charge in [0.15, 0.2) is 17.3 Å². The average molecular weight is 456 g/mol. The van der Waals surface area contributed by atoms with E-state index in [2.05, 4.69) is 21.2 Å². The molecule has 0 bridgehead atoms. The summed E-state index contributed by atoms with van der Waals surface area (Å²) in [7, 11) is 2.75. The average Bonchev–Trinajstić information content (AvgIpc) is 3.00.